The third-order valence-corrected chi connectivity index (χ3v) is 5.42. The van der Waals surface area contributed by atoms with Crippen LogP contribution in [-0.2, 0) is 16.1 Å². The second kappa shape index (κ2) is 7.45. The van der Waals surface area contributed by atoms with Gasteiger partial charge in [-0.3, -0.25) is 4.79 Å². The predicted molar refractivity (Wildman–Crippen MR) is 90.6 cm³/mol. The zero-order valence-electron chi connectivity index (χ0n) is 13.9. The minimum absolute atomic E-state index is 0.0335. The number of carbonyl (C=O) groups excluding carboxylic acids is 1. The van der Waals surface area contributed by atoms with E-state index in [-0.39, 0.29) is 17.9 Å². The van der Waals surface area contributed by atoms with Crippen LogP contribution in [0.1, 0.15) is 31.7 Å². The summed E-state index contributed by atoms with van der Waals surface area (Å²) in [5.41, 5.74) is 7.41. The molecule has 2 aliphatic rings. The van der Waals surface area contributed by atoms with E-state index < -0.39 is 0 Å². The molecule has 2 aliphatic carbocycles. The average molecular weight is 316 g/mol. The molecule has 1 aromatic carbocycles. The molecule has 3 N–H and O–H groups in total. The highest BCUT2D eigenvalue weighted by Crippen LogP contribution is 2.47. The van der Waals surface area contributed by atoms with Gasteiger partial charge >= 0.3 is 0 Å². The molecule has 0 saturated heterocycles. The number of rotatable bonds is 7. The van der Waals surface area contributed by atoms with Crippen molar-refractivity contribution in [1.82, 2.24) is 5.32 Å². The third kappa shape index (κ3) is 3.93. The Morgan fingerprint density at radius 3 is 2.74 bits per heavy atom. The molecular formula is C19H28N2O2. The van der Waals surface area contributed by atoms with E-state index in [4.69, 9.17) is 10.5 Å². The highest BCUT2D eigenvalue weighted by molar-refractivity contribution is 5.80. The van der Waals surface area contributed by atoms with Gasteiger partial charge in [0.2, 0.25) is 5.91 Å². The molecule has 0 heterocycles. The van der Waals surface area contributed by atoms with E-state index in [2.05, 4.69) is 24.4 Å². The molecule has 2 bridgehead atoms. The van der Waals surface area contributed by atoms with Gasteiger partial charge in [-0.25, -0.2) is 0 Å². The molecule has 0 aromatic heterocycles. The number of benzene rings is 1. The molecule has 4 nitrogen and oxygen atoms in total. The first-order valence-electron chi connectivity index (χ1n) is 8.80. The van der Waals surface area contributed by atoms with E-state index in [1.807, 2.05) is 18.2 Å². The summed E-state index contributed by atoms with van der Waals surface area (Å²) in [7, 11) is 0. The van der Waals surface area contributed by atoms with Crippen molar-refractivity contribution in [3.8, 4) is 0 Å². The van der Waals surface area contributed by atoms with Crippen molar-refractivity contribution in [3.63, 3.8) is 0 Å². The number of amides is 1. The molecule has 23 heavy (non-hydrogen) atoms. The van der Waals surface area contributed by atoms with Gasteiger partial charge in [-0.1, -0.05) is 37.3 Å². The van der Waals surface area contributed by atoms with Gasteiger partial charge in [0.25, 0.3) is 0 Å². The number of hydrogen-bond acceptors (Lipinski definition) is 3. The van der Waals surface area contributed by atoms with Crippen LogP contribution in [0.4, 0.5) is 0 Å². The van der Waals surface area contributed by atoms with Crippen LogP contribution in [0.5, 0.6) is 0 Å². The zero-order chi connectivity index (χ0) is 16.2. The molecule has 0 radical (unpaired) electrons. The van der Waals surface area contributed by atoms with Crippen molar-refractivity contribution in [2.75, 3.05) is 13.2 Å². The fraction of sp³-hybridized carbons (Fsp3) is 0.632. The van der Waals surface area contributed by atoms with Crippen LogP contribution in [0.2, 0.25) is 0 Å². The highest BCUT2D eigenvalue weighted by Gasteiger charge is 2.48. The minimum atomic E-state index is 0.0335. The quantitative estimate of drug-likeness (QED) is 0.811. The van der Waals surface area contributed by atoms with Gasteiger partial charge in [0.15, 0.2) is 0 Å². The molecule has 0 spiro atoms. The molecule has 0 aliphatic heterocycles. The number of fused-ring (bicyclic) bond motifs is 2. The van der Waals surface area contributed by atoms with E-state index in [9.17, 15) is 4.79 Å². The predicted octanol–water partition coefficient (Wildman–Crippen LogP) is 2.33. The van der Waals surface area contributed by atoms with E-state index in [0.717, 1.165) is 6.42 Å². The van der Waals surface area contributed by atoms with Gasteiger partial charge in [-0.05, 0) is 42.6 Å². The molecule has 5 atom stereocenters. The molecule has 4 heteroatoms. The number of carbonyl (C=O) groups is 1. The largest absolute Gasteiger partial charge is 0.376 e. The minimum Gasteiger partial charge on any atom is -0.376 e. The van der Waals surface area contributed by atoms with Gasteiger partial charge in [0.1, 0.15) is 0 Å². The molecule has 1 aromatic rings. The Hall–Kier alpha value is -1.39. The Morgan fingerprint density at radius 2 is 2.04 bits per heavy atom. The van der Waals surface area contributed by atoms with Crippen molar-refractivity contribution in [2.24, 2.45) is 29.4 Å². The fourth-order valence-electron chi connectivity index (χ4n) is 4.13. The first-order chi connectivity index (χ1) is 11.1. The van der Waals surface area contributed by atoms with Crippen LogP contribution >= 0.6 is 0 Å². The normalized spacial score (nSPS) is 30.3. The van der Waals surface area contributed by atoms with Crippen LogP contribution in [-0.4, -0.2) is 25.1 Å². The second-order valence-electron chi connectivity index (χ2n) is 7.29. The van der Waals surface area contributed by atoms with Crippen LogP contribution in [0, 0.1) is 23.7 Å². The lowest BCUT2D eigenvalue weighted by Gasteiger charge is -2.27. The Balaban J connectivity index is 1.36. The standard InChI is InChI=1S/C19H28N2O2/c1-13(11-23-12-14-5-3-2-4-6-14)10-21-19(22)17-15-7-8-16(9-15)18(17)20/h2-6,13,15-18H,7-12,20H2,1H3,(H,21,22). The van der Waals surface area contributed by atoms with Crippen molar-refractivity contribution in [3.05, 3.63) is 35.9 Å². The summed E-state index contributed by atoms with van der Waals surface area (Å²) < 4.78 is 5.73. The Labute approximate surface area is 138 Å². The summed E-state index contributed by atoms with van der Waals surface area (Å²) >= 11 is 0. The van der Waals surface area contributed by atoms with E-state index >= 15 is 0 Å². The van der Waals surface area contributed by atoms with E-state index in [1.54, 1.807) is 0 Å². The summed E-state index contributed by atoms with van der Waals surface area (Å²) in [4.78, 5) is 12.4. The lowest BCUT2D eigenvalue weighted by atomic mass is 9.84. The maximum absolute atomic E-state index is 12.4. The maximum atomic E-state index is 12.4. The fourth-order valence-corrected chi connectivity index (χ4v) is 4.13. The smallest absolute Gasteiger partial charge is 0.224 e. The van der Waals surface area contributed by atoms with Gasteiger partial charge in [0, 0.05) is 12.6 Å². The van der Waals surface area contributed by atoms with Crippen LogP contribution in [0.25, 0.3) is 0 Å². The van der Waals surface area contributed by atoms with E-state index in [0.29, 0.717) is 37.5 Å². The van der Waals surface area contributed by atoms with Crippen LogP contribution in [0.3, 0.4) is 0 Å². The second-order valence-corrected chi connectivity index (χ2v) is 7.29. The monoisotopic (exact) mass is 316 g/mol. The van der Waals surface area contributed by atoms with Gasteiger partial charge < -0.3 is 15.8 Å². The highest BCUT2D eigenvalue weighted by atomic mass is 16.5. The zero-order valence-corrected chi connectivity index (χ0v) is 13.9. The topological polar surface area (TPSA) is 64.4 Å². The number of ether oxygens (including phenoxy) is 1. The molecule has 1 amide bonds. The Kier molecular flexibility index (Phi) is 5.34. The van der Waals surface area contributed by atoms with Crippen molar-refractivity contribution >= 4 is 5.91 Å². The van der Waals surface area contributed by atoms with Crippen molar-refractivity contribution in [2.45, 2.75) is 38.8 Å². The SMILES string of the molecule is CC(CNC(=O)C1C2CCC(C2)C1N)COCc1ccccc1. The Morgan fingerprint density at radius 1 is 1.30 bits per heavy atom. The summed E-state index contributed by atoms with van der Waals surface area (Å²) in [6, 6.07) is 10.2. The van der Waals surface area contributed by atoms with Gasteiger partial charge in [-0.2, -0.15) is 0 Å². The van der Waals surface area contributed by atoms with Gasteiger partial charge in [0.05, 0.1) is 19.1 Å². The Bertz CT molecular complexity index is 517. The average Bonchev–Trinajstić information content (AvgIpc) is 3.15. The molecule has 2 fully saturated rings. The molecular weight excluding hydrogens is 288 g/mol. The molecule has 126 valence electrons. The van der Waals surface area contributed by atoms with Crippen LogP contribution < -0.4 is 11.1 Å². The summed E-state index contributed by atoms with van der Waals surface area (Å²) in [6.07, 6.45) is 3.53. The lowest BCUT2D eigenvalue weighted by molar-refractivity contribution is -0.127. The lowest BCUT2D eigenvalue weighted by Crippen LogP contribution is -2.46. The number of nitrogens with one attached hydrogen (secondary N) is 1. The molecule has 3 rings (SSSR count). The number of hydrogen-bond donors (Lipinski definition) is 2. The third-order valence-electron chi connectivity index (χ3n) is 5.42. The summed E-state index contributed by atoms with van der Waals surface area (Å²) in [5.74, 6) is 1.57. The summed E-state index contributed by atoms with van der Waals surface area (Å²) in [6.45, 7) is 4.04. The maximum Gasteiger partial charge on any atom is 0.224 e. The first-order valence-corrected chi connectivity index (χ1v) is 8.80. The van der Waals surface area contributed by atoms with Crippen LogP contribution in [0.15, 0.2) is 30.3 Å². The number of nitrogens with two attached hydrogens (primary N) is 1. The first kappa shape index (κ1) is 16.5. The van der Waals surface area contributed by atoms with E-state index in [1.165, 1.54) is 18.4 Å². The molecule has 5 unspecified atom stereocenters. The van der Waals surface area contributed by atoms with Crippen molar-refractivity contribution in [1.29, 1.82) is 0 Å². The van der Waals surface area contributed by atoms with Crippen molar-refractivity contribution < 1.29 is 9.53 Å². The van der Waals surface area contributed by atoms with Gasteiger partial charge in [-0.15, -0.1) is 0 Å². The summed E-state index contributed by atoms with van der Waals surface area (Å²) in [5, 5.41) is 3.09. The molecule has 2 saturated carbocycles.